The van der Waals surface area contributed by atoms with Gasteiger partial charge in [0.2, 0.25) is 5.82 Å². The lowest BCUT2D eigenvalue weighted by atomic mass is 10.0. The number of hydrogen-bond acceptors (Lipinski definition) is 8. The van der Waals surface area contributed by atoms with Crippen molar-refractivity contribution >= 4 is 0 Å². The normalized spacial score (nSPS) is 19.5. The minimum atomic E-state index is -1.72. The van der Waals surface area contributed by atoms with E-state index in [1.165, 1.54) is 0 Å². The number of aliphatic hydroxyl groups excluding tert-OH is 5. The molecule has 1 heterocycles. The summed E-state index contributed by atoms with van der Waals surface area (Å²) in [5, 5.41) is 57.5. The van der Waals surface area contributed by atoms with Crippen LogP contribution in [0.2, 0.25) is 0 Å². The van der Waals surface area contributed by atoms with Crippen molar-refractivity contribution in [2.45, 2.75) is 24.4 Å². The number of aliphatic hydroxyl groups is 5. The van der Waals surface area contributed by atoms with E-state index in [1.54, 1.807) is 0 Å². The van der Waals surface area contributed by atoms with Crippen LogP contribution in [0.25, 0.3) is 0 Å². The predicted molar refractivity (Wildman–Crippen MR) is 44.2 cm³/mol. The molecule has 0 saturated heterocycles. The lowest BCUT2D eigenvalue weighted by molar-refractivity contribution is -0.118. The Labute approximate surface area is 84.0 Å². The molecule has 0 aliphatic rings. The van der Waals surface area contributed by atoms with Crippen molar-refractivity contribution in [2.24, 2.45) is 0 Å². The highest BCUT2D eigenvalue weighted by Crippen LogP contribution is 2.15. The Balaban J connectivity index is 2.64. The molecule has 0 amide bonds. The number of aromatic nitrogens is 4. The first kappa shape index (κ1) is 11.9. The summed E-state index contributed by atoms with van der Waals surface area (Å²) in [6, 6.07) is 0. The van der Waals surface area contributed by atoms with Crippen molar-refractivity contribution in [3.8, 4) is 0 Å². The molecule has 0 saturated carbocycles. The Bertz CT molecular complexity index is 281. The van der Waals surface area contributed by atoms with Crippen molar-refractivity contribution in [1.29, 1.82) is 0 Å². The molecule has 4 unspecified atom stereocenters. The molecule has 1 aromatic rings. The summed E-state index contributed by atoms with van der Waals surface area (Å²) >= 11 is 0. The number of aromatic amines is 1. The second-order valence-electron chi connectivity index (χ2n) is 2.95. The number of rotatable bonds is 5. The molecule has 15 heavy (non-hydrogen) atoms. The third kappa shape index (κ3) is 2.67. The predicted octanol–water partition coefficient (Wildman–Crippen LogP) is -3.69. The third-order valence-corrected chi connectivity index (χ3v) is 1.88. The fourth-order valence-electron chi connectivity index (χ4n) is 0.970. The van der Waals surface area contributed by atoms with Gasteiger partial charge in [0.1, 0.15) is 24.4 Å². The van der Waals surface area contributed by atoms with Crippen LogP contribution in [-0.2, 0) is 0 Å². The highest BCUT2D eigenvalue weighted by Gasteiger charge is 2.32. The van der Waals surface area contributed by atoms with E-state index in [-0.39, 0.29) is 5.82 Å². The van der Waals surface area contributed by atoms with Crippen LogP contribution in [0.5, 0.6) is 0 Å². The molecule has 0 fully saturated rings. The van der Waals surface area contributed by atoms with Crippen LogP contribution in [0, 0.1) is 0 Å². The van der Waals surface area contributed by atoms with Crippen molar-refractivity contribution in [3.05, 3.63) is 5.82 Å². The zero-order chi connectivity index (χ0) is 11.4. The van der Waals surface area contributed by atoms with E-state index in [4.69, 9.17) is 10.2 Å². The minimum Gasteiger partial charge on any atom is -0.394 e. The molecule has 0 bridgehead atoms. The number of tetrazole rings is 1. The maximum atomic E-state index is 9.41. The van der Waals surface area contributed by atoms with Gasteiger partial charge in [0, 0.05) is 0 Å². The number of nitrogens with one attached hydrogen (secondary N) is 1. The Kier molecular flexibility index (Phi) is 4.05. The molecular weight excluding hydrogens is 208 g/mol. The smallest absolute Gasteiger partial charge is 0.205 e. The SMILES string of the molecule is OCC(O)C(O)C(O)C(O)c1nn[nH]n1. The number of hydrogen-bond donors (Lipinski definition) is 6. The Morgan fingerprint density at radius 3 is 2.27 bits per heavy atom. The summed E-state index contributed by atoms with van der Waals surface area (Å²) in [7, 11) is 0. The van der Waals surface area contributed by atoms with E-state index in [9.17, 15) is 15.3 Å². The van der Waals surface area contributed by atoms with E-state index >= 15 is 0 Å². The van der Waals surface area contributed by atoms with Gasteiger partial charge in [-0.2, -0.15) is 5.21 Å². The quantitative estimate of drug-likeness (QED) is 0.296. The van der Waals surface area contributed by atoms with Gasteiger partial charge >= 0.3 is 0 Å². The van der Waals surface area contributed by atoms with Gasteiger partial charge in [-0.3, -0.25) is 0 Å². The summed E-state index contributed by atoms with van der Waals surface area (Å²) in [6.45, 7) is -0.739. The van der Waals surface area contributed by atoms with Crippen molar-refractivity contribution in [2.75, 3.05) is 6.61 Å². The first-order valence-electron chi connectivity index (χ1n) is 4.14. The molecule has 0 spiro atoms. The molecule has 0 radical (unpaired) electrons. The topological polar surface area (TPSA) is 156 Å². The van der Waals surface area contributed by atoms with E-state index < -0.39 is 31.0 Å². The Morgan fingerprint density at radius 1 is 1.13 bits per heavy atom. The van der Waals surface area contributed by atoms with Gasteiger partial charge in [-0.25, -0.2) is 0 Å². The van der Waals surface area contributed by atoms with Gasteiger partial charge in [-0.15, -0.1) is 10.2 Å². The van der Waals surface area contributed by atoms with Crippen LogP contribution in [0.15, 0.2) is 0 Å². The standard InChI is InChI=1S/C6H12N4O5/c11-1-2(12)3(13)4(14)5(15)6-7-9-10-8-6/h2-5,11-15H,1H2,(H,7,8,9,10). The maximum Gasteiger partial charge on any atom is 0.205 e. The molecule has 1 rings (SSSR count). The molecule has 4 atom stereocenters. The second kappa shape index (κ2) is 5.09. The average molecular weight is 220 g/mol. The molecule has 9 heteroatoms. The summed E-state index contributed by atoms with van der Waals surface area (Å²) in [5.74, 6) is -0.216. The second-order valence-corrected chi connectivity index (χ2v) is 2.95. The van der Waals surface area contributed by atoms with Crippen LogP contribution in [0.4, 0.5) is 0 Å². The fraction of sp³-hybridized carbons (Fsp3) is 0.833. The Morgan fingerprint density at radius 2 is 1.80 bits per heavy atom. The zero-order valence-electron chi connectivity index (χ0n) is 7.59. The monoisotopic (exact) mass is 220 g/mol. The van der Waals surface area contributed by atoms with Crippen LogP contribution >= 0.6 is 0 Å². The molecule has 0 aliphatic carbocycles. The van der Waals surface area contributed by atoms with Crippen LogP contribution in [0.1, 0.15) is 11.9 Å². The molecular formula is C6H12N4O5. The molecule has 86 valence electrons. The van der Waals surface area contributed by atoms with E-state index in [2.05, 4.69) is 20.6 Å². The summed E-state index contributed by atoms with van der Waals surface area (Å²) in [6.07, 6.45) is -6.57. The van der Waals surface area contributed by atoms with Crippen LogP contribution in [0.3, 0.4) is 0 Å². The number of nitrogens with zero attached hydrogens (tertiary/aromatic N) is 3. The van der Waals surface area contributed by atoms with Gasteiger partial charge < -0.3 is 25.5 Å². The minimum absolute atomic E-state index is 0.216. The van der Waals surface area contributed by atoms with Crippen molar-refractivity contribution in [1.82, 2.24) is 20.6 Å². The molecule has 1 aromatic heterocycles. The molecule has 0 aromatic carbocycles. The van der Waals surface area contributed by atoms with E-state index in [0.717, 1.165) is 0 Å². The maximum absolute atomic E-state index is 9.41. The third-order valence-electron chi connectivity index (χ3n) is 1.88. The van der Waals surface area contributed by atoms with Crippen LogP contribution < -0.4 is 0 Å². The van der Waals surface area contributed by atoms with Crippen LogP contribution in [-0.4, -0.2) is 71.1 Å². The van der Waals surface area contributed by atoms with E-state index in [1.807, 2.05) is 0 Å². The van der Waals surface area contributed by atoms with Gasteiger partial charge in [-0.05, 0) is 0 Å². The zero-order valence-corrected chi connectivity index (χ0v) is 7.59. The van der Waals surface area contributed by atoms with E-state index in [0.29, 0.717) is 0 Å². The summed E-state index contributed by atoms with van der Waals surface area (Å²) < 4.78 is 0. The lowest BCUT2D eigenvalue weighted by Crippen LogP contribution is -2.42. The summed E-state index contributed by atoms with van der Waals surface area (Å²) in [5.41, 5.74) is 0. The van der Waals surface area contributed by atoms with Gasteiger partial charge in [-0.1, -0.05) is 5.21 Å². The highest BCUT2D eigenvalue weighted by molar-refractivity contribution is 4.92. The first-order valence-corrected chi connectivity index (χ1v) is 4.14. The summed E-state index contributed by atoms with van der Waals surface area (Å²) in [4.78, 5) is 0. The molecule has 9 nitrogen and oxygen atoms in total. The van der Waals surface area contributed by atoms with Gasteiger partial charge in [0.05, 0.1) is 6.61 Å². The van der Waals surface area contributed by atoms with Crippen molar-refractivity contribution in [3.63, 3.8) is 0 Å². The highest BCUT2D eigenvalue weighted by atomic mass is 16.4. The molecule has 0 aliphatic heterocycles. The Hall–Kier alpha value is -1.13. The van der Waals surface area contributed by atoms with Crippen molar-refractivity contribution < 1.29 is 25.5 Å². The fourth-order valence-corrected chi connectivity index (χ4v) is 0.970. The number of H-pyrrole nitrogens is 1. The molecule has 6 N–H and O–H groups in total. The average Bonchev–Trinajstić information content (AvgIpc) is 2.78. The first-order chi connectivity index (χ1) is 7.07. The lowest BCUT2D eigenvalue weighted by Gasteiger charge is -2.23. The van der Waals surface area contributed by atoms with Gasteiger partial charge in [0.25, 0.3) is 0 Å². The largest absolute Gasteiger partial charge is 0.394 e. The van der Waals surface area contributed by atoms with Gasteiger partial charge in [0.15, 0.2) is 0 Å².